The molecule has 0 rings (SSSR count). The zero-order valence-electron chi connectivity index (χ0n) is 6.93. The van der Waals surface area contributed by atoms with Gasteiger partial charge in [-0.05, 0) is 6.42 Å². The highest BCUT2D eigenvalue weighted by molar-refractivity contribution is 7.83. The molecule has 12 heavy (non-hydrogen) atoms. The molecule has 0 aliphatic carbocycles. The van der Waals surface area contributed by atoms with Crippen molar-refractivity contribution in [2.24, 2.45) is 0 Å². The molecule has 1 atom stereocenters. The topological polar surface area (TPSA) is 83.8 Å². The quantitative estimate of drug-likeness (QED) is 0.413. The Balaban J connectivity index is 0. The lowest BCUT2D eigenvalue weighted by molar-refractivity contribution is 0.284. The predicted octanol–water partition coefficient (Wildman–Crippen LogP) is 0.765. The highest BCUT2D eigenvalue weighted by Gasteiger charge is 1.94. The lowest BCUT2D eigenvalue weighted by atomic mass is 10.3. The van der Waals surface area contributed by atoms with E-state index in [1.54, 1.807) is 0 Å². The van der Waals surface area contributed by atoms with Crippen LogP contribution in [0.3, 0.4) is 0 Å². The van der Waals surface area contributed by atoms with Crippen molar-refractivity contribution in [3.05, 3.63) is 0 Å². The molecule has 0 radical (unpaired) electrons. The van der Waals surface area contributed by atoms with E-state index >= 15 is 0 Å². The molecule has 0 bridgehead atoms. The van der Waals surface area contributed by atoms with Crippen LogP contribution in [-0.4, -0.2) is 24.7 Å². The molecule has 0 saturated heterocycles. The second-order valence-corrected chi connectivity index (χ2v) is 3.58. The fourth-order valence-electron chi connectivity index (χ4n) is 0.362. The third-order valence-electron chi connectivity index (χ3n) is 0.883. The van der Waals surface area contributed by atoms with Gasteiger partial charge in [-0.2, -0.15) is 8.42 Å². The summed E-state index contributed by atoms with van der Waals surface area (Å²) < 4.78 is 29.6. The monoisotopic (exact) mass is 218 g/mol. The van der Waals surface area contributed by atoms with Crippen LogP contribution in [0.2, 0.25) is 0 Å². The molecular weight excluding hydrogens is 203 g/mol. The summed E-state index contributed by atoms with van der Waals surface area (Å²) in [6, 6.07) is 0. The van der Waals surface area contributed by atoms with Crippen molar-refractivity contribution in [2.75, 3.05) is 6.61 Å². The molecule has 0 amide bonds. The first-order valence-corrected chi connectivity index (χ1v) is 5.28. The van der Waals surface area contributed by atoms with Gasteiger partial charge in [-0.15, -0.1) is 0 Å². The summed E-state index contributed by atoms with van der Waals surface area (Å²) in [5.74, 6) is 0. The molecule has 7 heteroatoms. The number of hydrogen-bond acceptors (Lipinski definition) is 4. The minimum atomic E-state index is -4.20. The molecule has 0 aliphatic heterocycles. The standard InChI is InChI=1S/C5H12O.H3O4PS/c1-2-3-4-5-6;1-6(2,3)4-5/h6H,2-5H2,1H3;5H2,(H,1,2,3). The highest BCUT2D eigenvalue weighted by atomic mass is 32.3. The molecule has 0 spiro atoms. The molecule has 0 heterocycles. The molecule has 0 fully saturated rings. The van der Waals surface area contributed by atoms with Crippen LogP contribution < -0.4 is 0 Å². The number of rotatable bonds is 4. The number of aliphatic hydroxyl groups excluding tert-OH is 1. The van der Waals surface area contributed by atoms with Crippen molar-refractivity contribution in [2.45, 2.75) is 26.2 Å². The normalized spacial score (nSPS) is 10.3. The zero-order valence-corrected chi connectivity index (χ0v) is 8.90. The van der Waals surface area contributed by atoms with Crippen LogP contribution in [0.4, 0.5) is 0 Å². The van der Waals surface area contributed by atoms with E-state index < -0.39 is 10.4 Å². The van der Waals surface area contributed by atoms with Gasteiger partial charge in [0.15, 0.2) is 0 Å². The van der Waals surface area contributed by atoms with Crippen molar-refractivity contribution < 1.29 is 22.0 Å². The van der Waals surface area contributed by atoms with Crippen LogP contribution >= 0.6 is 9.47 Å². The summed E-state index contributed by atoms with van der Waals surface area (Å²) in [6.45, 7) is 2.48. The lowest BCUT2D eigenvalue weighted by Crippen LogP contribution is -1.92. The van der Waals surface area contributed by atoms with Gasteiger partial charge >= 0.3 is 10.4 Å². The van der Waals surface area contributed by atoms with Gasteiger partial charge < -0.3 is 5.11 Å². The van der Waals surface area contributed by atoms with Gasteiger partial charge in [-0.3, -0.25) is 4.55 Å². The Hall–Kier alpha value is 0.260. The summed E-state index contributed by atoms with van der Waals surface area (Å²) in [4.78, 5) is 0. The van der Waals surface area contributed by atoms with Crippen molar-refractivity contribution in [3.8, 4) is 0 Å². The van der Waals surface area contributed by atoms with Gasteiger partial charge in [-0.1, -0.05) is 19.8 Å². The van der Waals surface area contributed by atoms with E-state index in [-0.39, 0.29) is 0 Å². The van der Waals surface area contributed by atoms with E-state index in [0.717, 1.165) is 12.8 Å². The fourth-order valence-corrected chi connectivity index (χ4v) is 0.362. The molecule has 0 saturated carbocycles. The Kier molecular flexibility index (Phi) is 11.5. The summed E-state index contributed by atoms with van der Waals surface area (Å²) >= 11 is 0. The van der Waals surface area contributed by atoms with Crippen molar-refractivity contribution >= 4 is 19.9 Å². The Morgan fingerprint density at radius 2 is 1.83 bits per heavy atom. The van der Waals surface area contributed by atoms with Crippen LogP contribution in [0.5, 0.6) is 0 Å². The van der Waals surface area contributed by atoms with Crippen LogP contribution in [-0.2, 0) is 14.4 Å². The van der Waals surface area contributed by atoms with E-state index in [0.29, 0.717) is 6.61 Å². The molecule has 5 nitrogen and oxygen atoms in total. The largest absolute Gasteiger partial charge is 0.399 e. The Morgan fingerprint density at radius 1 is 1.42 bits per heavy atom. The molecule has 0 aromatic rings. The maximum absolute atomic E-state index is 9.31. The number of unbranched alkanes of at least 4 members (excludes halogenated alkanes) is 2. The average molecular weight is 218 g/mol. The smallest absolute Gasteiger partial charge is 0.396 e. The van der Waals surface area contributed by atoms with Gasteiger partial charge in [0, 0.05) is 16.1 Å². The minimum Gasteiger partial charge on any atom is -0.396 e. The molecule has 2 N–H and O–H groups in total. The van der Waals surface area contributed by atoms with Crippen molar-refractivity contribution in [1.29, 1.82) is 0 Å². The van der Waals surface area contributed by atoms with Crippen molar-refractivity contribution in [3.63, 3.8) is 0 Å². The molecule has 0 aromatic heterocycles. The SMILES string of the molecule is CCCCCO.O=S(=O)(O)OP. The van der Waals surface area contributed by atoms with Gasteiger partial charge in [0.25, 0.3) is 0 Å². The molecular formula is C5H15O5PS. The minimum absolute atomic E-state index is 0.355. The third-order valence-corrected chi connectivity index (χ3v) is 1.86. The summed E-state index contributed by atoms with van der Waals surface area (Å²) in [5, 5.41) is 8.20. The molecule has 0 aromatic carbocycles. The maximum atomic E-state index is 9.31. The van der Waals surface area contributed by atoms with Gasteiger partial charge in [0.2, 0.25) is 0 Å². The van der Waals surface area contributed by atoms with Crippen molar-refractivity contribution in [1.82, 2.24) is 0 Å². The maximum Gasteiger partial charge on any atom is 0.399 e. The third kappa shape index (κ3) is 22.5. The second kappa shape index (κ2) is 9.35. The second-order valence-electron chi connectivity index (χ2n) is 1.95. The summed E-state index contributed by atoms with van der Waals surface area (Å²) in [5.41, 5.74) is 0. The Morgan fingerprint density at radius 3 is 1.92 bits per heavy atom. The van der Waals surface area contributed by atoms with Crippen LogP contribution in [0.15, 0.2) is 0 Å². The highest BCUT2D eigenvalue weighted by Crippen LogP contribution is 1.90. The first-order valence-electron chi connectivity index (χ1n) is 3.44. The van der Waals surface area contributed by atoms with Gasteiger partial charge in [-0.25, -0.2) is 3.97 Å². The Labute approximate surface area is 75.4 Å². The van der Waals surface area contributed by atoms with Crippen LogP contribution in [0.25, 0.3) is 0 Å². The molecule has 0 aliphatic rings. The van der Waals surface area contributed by atoms with E-state index in [4.69, 9.17) is 9.66 Å². The van der Waals surface area contributed by atoms with Gasteiger partial charge in [0.05, 0.1) is 0 Å². The number of aliphatic hydroxyl groups is 1. The first-order chi connectivity index (χ1) is 5.47. The van der Waals surface area contributed by atoms with Gasteiger partial charge in [0.1, 0.15) is 0 Å². The Bertz CT molecular complexity index is 163. The van der Waals surface area contributed by atoms with Crippen LogP contribution in [0.1, 0.15) is 26.2 Å². The zero-order chi connectivity index (χ0) is 10.0. The number of hydrogen-bond donors (Lipinski definition) is 2. The van der Waals surface area contributed by atoms with E-state index in [1.807, 2.05) is 0 Å². The van der Waals surface area contributed by atoms with Crippen LogP contribution in [0, 0.1) is 0 Å². The van der Waals surface area contributed by atoms with E-state index in [9.17, 15) is 8.42 Å². The summed E-state index contributed by atoms with van der Waals surface area (Å²) in [7, 11) is -2.81. The average Bonchev–Trinajstić information content (AvgIpc) is 2.01. The predicted molar refractivity (Wildman–Crippen MR) is 49.0 cm³/mol. The lowest BCUT2D eigenvalue weighted by Gasteiger charge is -1.85. The molecule has 1 unspecified atom stereocenters. The van der Waals surface area contributed by atoms with E-state index in [1.165, 1.54) is 15.9 Å². The fraction of sp³-hybridized carbons (Fsp3) is 1.00. The van der Waals surface area contributed by atoms with E-state index in [2.05, 4.69) is 10.9 Å². The first kappa shape index (κ1) is 14.8. The molecule has 76 valence electrons. The summed E-state index contributed by atoms with van der Waals surface area (Å²) in [6.07, 6.45) is 3.33.